The van der Waals surface area contributed by atoms with E-state index in [0.717, 1.165) is 18.9 Å². The van der Waals surface area contributed by atoms with Gasteiger partial charge >= 0.3 is 0 Å². The molecule has 0 spiro atoms. The number of alkyl halides is 1. The van der Waals surface area contributed by atoms with Crippen molar-refractivity contribution in [2.24, 2.45) is 11.1 Å². The van der Waals surface area contributed by atoms with Crippen molar-refractivity contribution in [3.05, 3.63) is 29.3 Å². The first-order valence-corrected chi connectivity index (χ1v) is 9.84. The summed E-state index contributed by atoms with van der Waals surface area (Å²) >= 11 is 2.15. The topological polar surface area (TPSA) is 35.2 Å². The van der Waals surface area contributed by atoms with Crippen LogP contribution in [0.1, 0.15) is 51.2 Å². The summed E-state index contributed by atoms with van der Waals surface area (Å²) in [5, 5.41) is 0. The molecule has 2 N–H and O–H groups in total. The zero-order valence-corrected chi connectivity index (χ0v) is 16.3. The Bertz CT molecular complexity index is 442. The van der Waals surface area contributed by atoms with Crippen molar-refractivity contribution in [3.8, 4) is 5.75 Å². The molecular formula is C18H30INO. The molecule has 2 nitrogen and oxygen atoms in total. The van der Waals surface area contributed by atoms with Crippen molar-refractivity contribution in [3.63, 3.8) is 0 Å². The highest BCUT2D eigenvalue weighted by molar-refractivity contribution is 14.1. The van der Waals surface area contributed by atoms with E-state index in [1.807, 2.05) is 4.93 Å². The Labute approximate surface area is 144 Å². The van der Waals surface area contributed by atoms with Crippen LogP contribution in [-0.4, -0.2) is 18.1 Å². The molecule has 0 unspecified atom stereocenters. The SMILES string of the molecule is CI.Cc1c(OCC2(CN)CCC2)cccc1C(C)(C)C. The molecule has 21 heavy (non-hydrogen) atoms. The molecule has 0 radical (unpaired) electrons. The molecule has 1 saturated carbocycles. The van der Waals surface area contributed by atoms with Crippen molar-refractivity contribution in [1.82, 2.24) is 0 Å². The van der Waals surface area contributed by atoms with Crippen LogP contribution in [0.3, 0.4) is 0 Å². The number of rotatable bonds is 4. The summed E-state index contributed by atoms with van der Waals surface area (Å²) in [6.45, 7) is 10.4. The molecule has 1 aliphatic rings. The Balaban J connectivity index is 0.00000106. The quantitative estimate of drug-likeness (QED) is 0.576. The molecule has 1 aliphatic carbocycles. The summed E-state index contributed by atoms with van der Waals surface area (Å²) in [6.07, 6.45) is 3.71. The first-order chi connectivity index (χ1) is 9.88. The average Bonchev–Trinajstić information content (AvgIpc) is 2.40. The monoisotopic (exact) mass is 403 g/mol. The van der Waals surface area contributed by atoms with Gasteiger partial charge in [-0.1, -0.05) is 61.9 Å². The molecule has 1 aromatic rings. The third-order valence-electron chi connectivity index (χ3n) is 4.47. The van der Waals surface area contributed by atoms with Gasteiger partial charge in [-0.2, -0.15) is 0 Å². The number of ether oxygens (including phenoxy) is 1. The molecule has 0 bridgehead atoms. The van der Waals surface area contributed by atoms with Gasteiger partial charge in [-0.05, 0) is 47.3 Å². The van der Waals surface area contributed by atoms with Gasteiger partial charge in [0.25, 0.3) is 0 Å². The van der Waals surface area contributed by atoms with Crippen molar-refractivity contribution in [2.75, 3.05) is 18.1 Å². The molecular weight excluding hydrogens is 373 g/mol. The second kappa shape index (κ2) is 7.82. The first kappa shape index (κ1) is 18.8. The fraction of sp³-hybridized carbons (Fsp3) is 0.667. The van der Waals surface area contributed by atoms with E-state index in [-0.39, 0.29) is 10.8 Å². The van der Waals surface area contributed by atoms with E-state index in [4.69, 9.17) is 10.5 Å². The fourth-order valence-electron chi connectivity index (χ4n) is 2.90. The Hall–Kier alpha value is -0.290. The molecule has 1 aromatic carbocycles. The number of halogens is 1. The summed E-state index contributed by atoms with van der Waals surface area (Å²) in [7, 11) is 0. The lowest BCUT2D eigenvalue weighted by molar-refractivity contribution is 0.0663. The Kier molecular flexibility index (Phi) is 6.98. The molecule has 0 aromatic heterocycles. The Morgan fingerprint density at radius 1 is 1.24 bits per heavy atom. The van der Waals surface area contributed by atoms with Crippen molar-refractivity contribution < 1.29 is 4.74 Å². The number of benzene rings is 1. The third kappa shape index (κ3) is 4.59. The lowest BCUT2D eigenvalue weighted by atomic mass is 9.69. The van der Waals surface area contributed by atoms with Crippen LogP contribution in [0.2, 0.25) is 0 Å². The summed E-state index contributed by atoms with van der Waals surface area (Å²) in [6, 6.07) is 6.37. The lowest BCUT2D eigenvalue weighted by Crippen LogP contribution is -2.42. The van der Waals surface area contributed by atoms with Gasteiger partial charge in [-0.25, -0.2) is 0 Å². The van der Waals surface area contributed by atoms with Crippen LogP contribution in [0.5, 0.6) is 5.75 Å². The van der Waals surface area contributed by atoms with E-state index in [1.165, 1.54) is 30.4 Å². The maximum atomic E-state index is 6.09. The van der Waals surface area contributed by atoms with Gasteiger partial charge in [0.2, 0.25) is 0 Å². The van der Waals surface area contributed by atoms with E-state index in [0.29, 0.717) is 0 Å². The minimum absolute atomic E-state index is 0.158. The Morgan fingerprint density at radius 2 is 1.86 bits per heavy atom. The van der Waals surface area contributed by atoms with Crippen LogP contribution >= 0.6 is 22.6 Å². The highest BCUT2D eigenvalue weighted by Crippen LogP contribution is 2.41. The van der Waals surface area contributed by atoms with E-state index in [1.54, 1.807) is 0 Å². The predicted molar refractivity (Wildman–Crippen MR) is 101 cm³/mol. The normalized spacial score (nSPS) is 16.5. The van der Waals surface area contributed by atoms with Gasteiger partial charge in [0.15, 0.2) is 0 Å². The summed E-state index contributed by atoms with van der Waals surface area (Å²) < 4.78 is 6.09. The molecule has 0 amide bonds. The highest BCUT2D eigenvalue weighted by atomic mass is 127. The minimum atomic E-state index is 0.158. The highest BCUT2D eigenvalue weighted by Gasteiger charge is 2.36. The summed E-state index contributed by atoms with van der Waals surface area (Å²) in [5.41, 5.74) is 8.92. The molecule has 3 heteroatoms. The largest absolute Gasteiger partial charge is 0.493 e. The Morgan fingerprint density at radius 3 is 2.29 bits per heavy atom. The summed E-state index contributed by atoms with van der Waals surface area (Å²) in [5.74, 6) is 1.02. The van der Waals surface area contributed by atoms with E-state index >= 15 is 0 Å². The van der Waals surface area contributed by atoms with Crippen molar-refractivity contribution >= 4 is 22.6 Å². The van der Waals surface area contributed by atoms with Crippen molar-refractivity contribution in [2.45, 2.75) is 52.4 Å². The maximum Gasteiger partial charge on any atom is 0.122 e. The second-order valence-electron chi connectivity index (χ2n) is 7.03. The van der Waals surface area contributed by atoms with Gasteiger partial charge in [-0.15, -0.1) is 0 Å². The van der Waals surface area contributed by atoms with E-state index in [9.17, 15) is 0 Å². The van der Waals surface area contributed by atoms with Crippen LogP contribution in [0.4, 0.5) is 0 Å². The molecule has 0 aliphatic heterocycles. The smallest absolute Gasteiger partial charge is 0.122 e. The average molecular weight is 403 g/mol. The van der Waals surface area contributed by atoms with Crippen LogP contribution < -0.4 is 10.5 Å². The van der Waals surface area contributed by atoms with Gasteiger partial charge in [0, 0.05) is 12.0 Å². The first-order valence-electron chi connectivity index (χ1n) is 7.69. The van der Waals surface area contributed by atoms with Crippen LogP contribution in [0.25, 0.3) is 0 Å². The predicted octanol–water partition coefficient (Wildman–Crippen LogP) is 4.85. The summed E-state index contributed by atoms with van der Waals surface area (Å²) in [4.78, 5) is 1.97. The molecule has 0 atom stereocenters. The molecule has 0 saturated heterocycles. The van der Waals surface area contributed by atoms with Crippen molar-refractivity contribution in [1.29, 1.82) is 0 Å². The van der Waals surface area contributed by atoms with Crippen LogP contribution in [0, 0.1) is 12.3 Å². The van der Waals surface area contributed by atoms with Crippen LogP contribution in [0.15, 0.2) is 18.2 Å². The standard InChI is InChI=1S/C17H27NO.CH3I/c1-13-14(16(2,3)4)7-5-8-15(13)19-12-17(11-18)9-6-10-17;1-2/h5,7-8H,6,9-12,18H2,1-4H3;1H3. The second-order valence-corrected chi connectivity index (χ2v) is 7.03. The zero-order chi connectivity index (χ0) is 16.1. The van der Waals surface area contributed by atoms with Gasteiger partial charge in [0.05, 0.1) is 6.61 Å². The molecule has 120 valence electrons. The number of hydrogen-bond donors (Lipinski definition) is 1. The van der Waals surface area contributed by atoms with Gasteiger partial charge in [-0.3, -0.25) is 0 Å². The molecule has 2 rings (SSSR count). The zero-order valence-electron chi connectivity index (χ0n) is 14.1. The van der Waals surface area contributed by atoms with Gasteiger partial charge in [0.1, 0.15) is 5.75 Å². The maximum absolute atomic E-state index is 6.09. The molecule has 0 heterocycles. The number of nitrogens with two attached hydrogens (primary N) is 1. The number of hydrogen-bond acceptors (Lipinski definition) is 2. The lowest BCUT2D eigenvalue weighted by Gasteiger charge is -2.40. The molecule has 1 fully saturated rings. The third-order valence-corrected chi connectivity index (χ3v) is 4.47. The van der Waals surface area contributed by atoms with Crippen LogP contribution in [-0.2, 0) is 5.41 Å². The van der Waals surface area contributed by atoms with E-state index < -0.39 is 0 Å². The fourth-order valence-corrected chi connectivity index (χ4v) is 2.90. The van der Waals surface area contributed by atoms with Gasteiger partial charge < -0.3 is 10.5 Å². The minimum Gasteiger partial charge on any atom is -0.493 e. The van der Waals surface area contributed by atoms with E-state index in [2.05, 4.69) is 68.5 Å².